The second-order valence-corrected chi connectivity index (χ2v) is 6.47. The molecule has 1 saturated carbocycles. The fourth-order valence-electron chi connectivity index (χ4n) is 3.08. The van der Waals surface area contributed by atoms with Gasteiger partial charge in [-0.1, -0.05) is 6.07 Å². The van der Waals surface area contributed by atoms with Crippen molar-refractivity contribution in [1.29, 1.82) is 0 Å². The number of hydrogen-bond acceptors (Lipinski definition) is 4. The van der Waals surface area contributed by atoms with E-state index in [9.17, 15) is 4.79 Å². The second-order valence-electron chi connectivity index (χ2n) is 6.47. The average Bonchev–Trinajstić information content (AvgIpc) is 3.49. The van der Waals surface area contributed by atoms with Crippen LogP contribution in [0.2, 0.25) is 0 Å². The van der Waals surface area contributed by atoms with Crippen molar-refractivity contribution in [3.63, 3.8) is 0 Å². The normalized spacial score (nSPS) is 17.7. The third-order valence-electron chi connectivity index (χ3n) is 4.70. The number of amides is 1. The minimum absolute atomic E-state index is 0.159. The molecule has 0 spiro atoms. The summed E-state index contributed by atoms with van der Waals surface area (Å²) in [6.45, 7) is 3.89. The predicted octanol–water partition coefficient (Wildman–Crippen LogP) is 2.76. The van der Waals surface area contributed by atoms with Gasteiger partial charge in [0.25, 0.3) is 0 Å². The molecule has 0 radical (unpaired) electrons. The lowest BCUT2D eigenvalue weighted by molar-refractivity contribution is -0.117. The number of rotatable bonds is 4. The number of anilines is 3. The number of nitrogens with one attached hydrogen (secondary N) is 1. The van der Waals surface area contributed by atoms with Gasteiger partial charge < -0.3 is 15.1 Å². The first-order chi connectivity index (χ1) is 11.8. The lowest BCUT2D eigenvalue weighted by atomic mass is 10.2. The molecule has 0 bridgehead atoms. The molecular weight excluding hydrogens is 300 g/mol. The van der Waals surface area contributed by atoms with E-state index < -0.39 is 0 Å². The first kappa shape index (κ1) is 15.0. The maximum absolute atomic E-state index is 11.8. The summed E-state index contributed by atoms with van der Waals surface area (Å²) in [6, 6.07) is 14.2. The highest BCUT2D eigenvalue weighted by molar-refractivity contribution is 5.94. The Bertz CT molecular complexity index is 689. The summed E-state index contributed by atoms with van der Waals surface area (Å²) < 4.78 is 0. The van der Waals surface area contributed by atoms with Crippen LogP contribution in [0, 0.1) is 5.92 Å². The van der Waals surface area contributed by atoms with E-state index >= 15 is 0 Å². The Morgan fingerprint density at radius 3 is 2.29 bits per heavy atom. The van der Waals surface area contributed by atoms with Gasteiger partial charge in [0.2, 0.25) is 5.91 Å². The molecule has 0 atom stereocenters. The fourth-order valence-corrected chi connectivity index (χ4v) is 3.08. The Morgan fingerprint density at radius 2 is 1.67 bits per heavy atom. The van der Waals surface area contributed by atoms with Crippen LogP contribution < -0.4 is 15.1 Å². The first-order valence-corrected chi connectivity index (χ1v) is 8.61. The van der Waals surface area contributed by atoms with Crippen LogP contribution in [0.15, 0.2) is 48.7 Å². The molecule has 1 saturated heterocycles. The number of carbonyl (C=O) groups is 1. The van der Waals surface area contributed by atoms with Gasteiger partial charge in [-0.3, -0.25) is 4.79 Å². The third kappa shape index (κ3) is 3.35. The molecule has 2 heterocycles. The summed E-state index contributed by atoms with van der Waals surface area (Å²) in [4.78, 5) is 20.9. The van der Waals surface area contributed by atoms with E-state index in [0.717, 1.165) is 50.5 Å². The lowest BCUT2D eigenvalue weighted by Crippen LogP contribution is -2.46. The molecule has 0 unspecified atom stereocenters. The van der Waals surface area contributed by atoms with Crippen molar-refractivity contribution in [2.75, 3.05) is 41.3 Å². The Balaban J connectivity index is 1.34. The average molecular weight is 322 g/mol. The number of nitrogens with zero attached hydrogens (tertiary/aromatic N) is 3. The number of pyridine rings is 1. The Labute approximate surface area is 142 Å². The van der Waals surface area contributed by atoms with Crippen LogP contribution in [-0.4, -0.2) is 37.1 Å². The summed E-state index contributed by atoms with van der Waals surface area (Å²) in [7, 11) is 0. The minimum Gasteiger partial charge on any atom is -0.368 e. The van der Waals surface area contributed by atoms with E-state index in [1.54, 1.807) is 0 Å². The molecule has 124 valence electrons. The molecule has 2 aliphatic rings. The molecule has 4 rings (SSSR count). The van der Waals surface area contributed by atoms with Crippen LogP contribution in [0.4, 0.5) is 17.2 Å². The van der Waals surface area contributed by atoms with Gasteiger partial charge in [0.1, 0.15) is 5.82 Å². The molecule has 2 fully saturated rings. The van der Waals surface area contributed by atoms with Crippen LogP contribution in [0.25, 0.3) is 0 Å². The first-order valence-electron chi connectivity index (χ1n) is 8.61. The monoisotopic (exact) mass is 322 g/mol. The molecule has 1 aromatic heterocycles. The molecule has 1 aliphatic carbocycles. The predicted molar refractivity (Wildman–Crippen MR) is 96.5 cm³/mol. The van der Waals surface area contributed by atoms with Crippen molar-refractivity contribution < 1.29 is 4.79 Å². The summed E-state index contributed by atoms with van der Waals surface area (Å²) in [5, 5.41) is 2.99. The summed E-state index contributed by atoms with van der Waals surface area (Å²) in [5.41, 5.74) is 2.10. The van der Waals surface area contributed by atoms with E-state index in [-0.39, 0.29) is 11.8 Å². The quantitative estimate of drug-likeness (QED) is 0.940. The molecule has 1 aliphatic heterocycles. The van der Waals surface area contributed by atoms with Gasteiger partial charge >= 0.3 is 0 Å². The van der Waals surface area contributed by atoms with Crippen LogP contribution >= 0.6 is 0 Å². The Morgan fingerprint density at radius 1 is 0.958 bits per heavy atom. The molecule has 1 aromatic carbocycles. The minimum atomic E-state index is 0.159. The fraction of sp³-hybridized carbons (Fsp3) is 0.368. The zero-order valence-corrected chi connectivity index (χ0v) is 13.7. The van der Waals surface area contributed by atoms with Gasteiger partial charge in [-0.2, -0.15) is 0 Å². The van der Waals surface area contributed by atoms with E-state index in [1.165, 1.54) is 5.69 Å². The molecule has 5 nitrogen and oxygen atoms in total. The highest BCUT2D eigenvalue weighted by Crippen LogP contribution is 2.30. The van der Waals surface area contributed by atoms with Crippen molar-refractivity contribution in [3.8, 4) is 0 Å². The second kappa shape index (κ2) is 6.51. The van der Waals surface area contributed by atoms with Gasteiger partial charge in [-0.15, -0.1) is 0 Å². The SMILES string of the molecule is O=C(Nc1ccc(N2CCN(c3ccccn3)CC2)cc1)C1CC1. The van der Waals surface area contributed by atoms with E-state index in [1.807, 2.05) is 30.5 Å². The smallest absolute Gasteiger partial charge is 0.227 e. The molecular formula is C19H22N4O. The van der Waals surface area contributed by atoms with Crippen molar-refractivity contribution in [1.82, 2.24) is 4.98 Å². The van der Waals surface area contributed by atoms with Crippen molar-refractivity contribution >= 4 is 23.1 Å². The standard InChI is InChI=1S/C19H22N4O/c24-19(15-4-5-15)21-16-6-8-17(9-7-16)22-11-13-23(14-12-22)18-3-1-2-10-20-18/h1-3,6-10,15H,4-5,11-14H2,(H,21,24). The van der Waals surface area contributed by atoms with Gasteiger partial charge in [0.15, 0.2) is 0 Å². The largest absolute Gasteiger partial charge is 0.368 e. The van der Waals surface area contributed by atoms with Crippen LogP contribution in [0.3, 0.4) is 0 Å². The zero-order valence-electron chi connectivity index (χ0n) is 13.7. The van der Waals surface area contributed by atoms with Gasteiger partial charge in [-0.25, -0.2) is 4.98 Å². The van der Waals surface area contributed by atoms with E-state index in [4.69, 9.17) is 0 Å². The number of carbonyl (C=O) groups excluding carboxylic acids is 1. The van der Waals surface area contributed by atoms with Crippen molar-refractivity contribution in [3.05, 3.63) is 48.7 Å². The topological polar surface area (TPSA) is 48.5 Å². The zero-order chi connectivity index (χ0) is 16.4. The number of benzene rings is 1. The molecule has 5 heteroatoms. The lowest BCUT2D eigenvalue weighted by Gasteiger charge is -2.36. The van der Waals surface area contributed by atoms with Gasteiger partial charge in [-0.05, 0) is 49.2 Å². The summed E-state index contributed by atoms with van der Waals surface area (Å²) >= 11 is 0. The van der Waals surface area contributed by atoms with Gasteiger partial charge in [0.05, 0.1) is 0 Å². The number of hydrogen-bond donors (Lipinski definition) is 1. The highest BCUT2D eigenvalue weighted by Gasteiger charge is 2.29. The maximum atomic E-state index is 11.8. The number of piperazine rings is 1. The molecule has 1 amide bonds. The maximum Gasteiger partial charge on any atom is 0.227 e. The highest BCUT2D eigenvalue weighted by atomic mass is 16.2. The molecule has 1 N–H and O–H groups in total. The molecule has 2 aromatic rings. The van der Waals surface area contributed by atoms with Crippen LogP contribution in [0.5, 0.6) is 0 Å². The summed E-state index contributed by atoms with van der Waals surface area (Å²) in [5.74, 6) is 1.45. The Kier molecular flexibility index (Phi) is 4.07. The van der Waals surface area contributed by atoms with Crippen LogP contribution in [0.1, 0.15) is 12.8 Å². The van der Waals surface area contributed by atoms with Crippen molar-refractivity contribution in [2.45, 2.75) is 12.8 Å². The number of aromatic nitrogens is 1. The van der Waals surface area contributed by atoms with Crippen molar-refractivity contribution in [2.24, 2.45) is 5.92 Å². The molecule has 24 heavy (non-hydrogen) atoms. The van der Waals surface area contributed by atoms with Crippen LogP contribution in [-0.2, 0) is 4.79 Å². The Hall–Kier alpha value is -2.56. The van der Waals surface area contributed by atoms with Gasteiger partial charge in [0, 0.05) is 49.7 Å². The summed E-state index contributed by atoms with van der Waals surface area (Å²) in [6.07, 6.45) is 3.91. The van der Waals surface area contributed by atoms with E-state index in [0.29, 0.717) is 0 Å². The van der Waals surface area contributed by atoms with E-state index in [2.05, 4.69) is 38.3 Å². The third-order valence-corrected chi connectivity index (χ3v) is 4.70.